The molecule has 0 unspecified atom stereocenters. The van der Waals surface area contributed by atoms with E-state index in [1.165, 1.54) is 0 Å². The first-order valence-corrected chi connectivity index (χ1v) is 7.93. The monoisotopic (exact) mass is 301 g/mol. The van der Waals surface area contributed by atoms with Gasteiger partial charge in [0.05, 0.1) is 12.3 Å². The molecule has 0 saturated carbocycles. The van der Waals surface area contributed by atoms with E-state index in [2.05, 4.69) is 27.7 Å². The van der Waals surface area contributed by atoms with Crippen LogP contribution in [0.5, 0.6) is 0 Å². The van der Waals surface area contributed by atoms with Gasteiger partial charge in [-0.05, 0) is 50.6 Å². The molecule has 0 saturated heterocycles. The Hall–Kier alpha value is -0.720. The summed E-state index contributed by atoms with van der Waals surface area (Å²) in [5, 5.41) is 6.74. The van der Waals surface area contributed by atoms with Gasteiger partial charge in [-0.2, -0.15) is 11.8 Å². The minimum atomic E-state index is 0.712. The van der Waals surface area contributed by atoms with Gasteiger partial charge in [0.1, 0.15) is 11.5 Å². The molecule has 0 aromatic carbocycles. The first kappa shape index (κ1) is 16.3. The van der Waals surface area contributed by atoms with Crippen LogP contribution in [0.2, 0.25) is 0 Å². The molecule has 19 heavy (non-hydrogen) atoms. The normalized spacial score (nSPS) is 10.7. The van der Waals surface area contributed by atoms with Crippen molar-refractivity contribution in [2.45, 2.75) is 18.7 Å². The molecule has 1 aromatic rings. The van der Waals surface area contributed by atoms with Crippen molar-refractivity contribution in [3.8, 4) is 0 Å². The first-order chi connectivity index (χ1) is 9.11. The number of hydrogen-bond acceptors (Lipinski definition) is 4. The van der Waals surface area contributed by atoms with Crippen molar-refractivity contribution in [2.75, 3.05) is 33.4 Å². The molecular weight excluding hydrogens is 278 g/mol. The van der Waals surface area contributed by atoms with E-state index in [9.17, 15) is 0 Å². The Kier molecular flexibility index (Phi) is 7.93. The van der Waals surface area contributed by atoms with Gasteiger partial charge >= 0.3 is 0 Å². The van der Waals surface area contributed by atoms with Crippen LogP contribution < -0.4 is 10.6 Å². The predicted octanol–water partition coefficient (Wildman–Crippen LogP) is 2.06. The van der Waals surface area contributed by atoms with Gasteiger partial charge in [0.2, 0.25) is 0 Å². The van der Waals surface area contributed by atoms with Crippen molar-refractivity contribution in [1.82, 2.24) is 15.5 Å². The molecular formula is C13H23N3OS2. The maximum absolute atomic E-state index is 5.75. The van der Waals surface area contributed by atoms with Crippen molar-refractivity contribution < 1.29 is 4.42 Å². The van der Waals surface area contributed by atoms with E-state index in [4.69, 9.17) is 16.6 Å². The lowest BCUT2D eigenvalue weighted by Gasteiger charge is -2.06. The molecule has 0 spiro atoms. The zero-order valence-corrected chi connectivity index (χ0v) is 13.5. The van der Waals surface area contributed by atoms with E-state index < -0.39 is 0 Å². The zero-order chi connectivity index (χ0) is 14.1. The number of hydrogen-bond donors (Lipinski definition) is 2. The first-order valence-electron chi connectivity index (χ1n) is 6.37. The van der Waals surface area contributed by atoms with E-state index >= 15 is 0 Å². The molecule has 0 aliphatic heterocycles. The minimum absolute atomic E-state index is 0.712. The molecule has 0 fully saturated rings. The standard InChI is InChI=1S/C13H23N3OS2/c1-14-13(18)15-7-4-8-19-10-12-6-5-11(17-12)9-16(2)3/h5-6H,4,7-10H2,1-3H3,(H2,14,15,18). The summed E-state index contributed by atoms with van der Waals surface area (Å²) in [5.74, 6) is 4.12. The Morgan fingerprint density at radius 2 is 2.11 bits per heavy atom. The Labute approximate surface area is 125 Å². The number of nitrogens with one attached hydrogen (secondary N) is 2. The predicted molar refractivity (Wildman–Crippen MR) is 86.5 cm³/mol. The molecule has 0 amide bonds. The highest BCUT2D eigenvalue weighted by atomic mass is 32.2. The Morgan fingerprint density at radius 1 is 1.37 bits per heavy atom. The van der Waals surface area contributed by atoms with Crippen LogP contribution in [0.1, 0.15) is 17.9 Å². The van der Waals surface area contributed by atoms with E-state index in [0.29, 0.717) is 5.11 Å². The second kappa shape index (κ2) is 9.23. The van der Waals surface area contributed by atoms with Crippen LogP contribution in [-0.4, -0.2) is 43.5 Å². The van der Waals surface area contributed by atoms with Crippen LogP contribution in [0.4, 0.5) is 0 Å². The summed E-state index contributed by atoms with van der Waals surface area (Å²) < 4.78 is 5.75. The molecule has 4 nitrogen and oxygen atoms in total. The van der Waals surface area contributed by atoms with Crippen LogP contribution in [0.3, 0.4) is 0 Å². The van der Waals surface area contributed by atoms with E-state index in [-0.39, 0.29) is 0 Å². The highest BCUT2D eigenvalue weighted by molar-refractivity contribution is 7.98. The van der Waals surface area contributed by atoms with Crippen LogP contribution in [0, 0.1) is 0 Å². The molecule has 1 heterocycles. The minimum Gasteiger partial charge on any atom is -0.464 e. The maximum atomic E-state index is 5.75. The number of rotatable bonds is 8. The van der Waals surface area contributed by atoms with Crippen LogP contribution in [0.25, 0.3) is 0 Å². The summed E-state index contributed by atoms with van der Waals surface area (Å²) in [7, 11) is 5.91. The van der Waals surface area contributed by atoms with Gasteiger partial charge in [0, 0.05) is 13.6 Å². The van der Waals surface area contributed by atoms with E-state index in [1.807, 2.05) is 32.9 Å². The van der Waals surface area contributed by atoms with Crippen molar-refractivity contribution >= 4 is 29.1 Å². The lowest BCUT2D eigenvalue weighted by Crippen LogP contribution is -2.33. The summed E-state index contributed by atoms with van der Waals surface area (Å²) in [6.07, 6.45) is 1.09. The van der Waals surface area contributed by atoms with E-state index in [1.54, 1.807) is 0 Å². The quantitative estimate of drug-likeness (QED) is 0.566. The molecule has 6 heteroatoms. The van der Waals surface area contributed by atoms with Gasteiger partial charge in [-0.1, -0.05) is 0 Å². The average molecular weight is 301 g/mol. The maximum Gasteiger partial charge on any atom is 0.166 e. The summed E-state index contributed by atoms with van der Waals surface area (Å²) in [4.78, 5) is 2.10. The van der Waals surface area contributed by atoms with Gasteiger partial charge in [0.25, 0.3) is 0 Å². The largest absolute Gasteiger partial charge is 0.464 e. The lowest BCUT2D eigenvalue weighted by atomic mass is 10.4. The molecule has 1 rings (SSSR count). The molecule has 0 bridgehead atoms. The highest BCUT2D eigenvalue weighted by Gasteiger charge is 2.03. The van der Waals surface area contributed by atoms with Gasteiger partial charge in [-0.3, -0.25) is 0 Å². The fraction of sp³-hybridized carbons (Fsp3) is 0.615. The Bertz CT molecular complexity index is 380. The van der Waals surface area contributed by atoms with Crippen molar-refractivity contribution in [3.63, 3.8) is 0 Å². The van der Waals surface area contributed by atoms with Crippen LogP contribution in [0.15, 0.2) is 16.5 Å². The summed E-state index contributed by atoms with van der Waals surface area (Å²) in [6, 6.07) is 4.13. The molecule has 0 aliphatic rings. The average Bonchev–Trinajstić information content (AvgIpc) is 2.79. The van der Waals surface area contributed by atoms with Gasteiger partial charge in [-0.25, -0.2) is 0 Å². The fourth-order valence-corrected chi connectivity index (χ4v) is 2.49. The number of nitrogens with zero attached hydrogens (tertiary/aromatic N) is 1. The Morgan fingerprint density at radius 3 is 2.79 bits per heavy atom. The fourth-order valence-electron chi connectivity index (χ4n) is 1.53. The number of thioether (sulfide) groups is 1. The molecule has 2 N–H and O–H groups in total. The van der Waals surface area contributed by atoms with Crippen LogP contribution >= 0.6 is 24.0 Å². The summed E-state index contributed by atoms with van der Waals surface area (Å²) in [5.41, 5.74) is 0. The SMILES string of the molecule is CNC(=S)NCCCSCc1ccc(CN(C)C)o1. The number of thiocarbonyl (C=S) groups is 1. The number of furan rings is 1. The third-order valence-corrected chi connectivity index (χ3v) is 3.83. The summed E-state index contributed by atoms with van der Waals surface area (Å²) in [6.45, 7) is 1.77. The molecule has 1 aromatic heterocycles. The second-order valence-corrected chi connectivity index (χ2v) is 6.03. The summed E-state index contributed by atoms with van der Waals surface area (Å²) >= 11 is 6.89. The van der Waals surface area contributed by atoms with Crippen molar-refractivity contribution in [1.29, 1.82) is 0 Å². The second-order valence-electron chi connectivity index (χ2n) is 4.52. The smallest absolute Gasteiger partial charge is 0.166 e. The van der Waals surface area contributed by atoms with Gasteiger partial charge < -0.3 is 20.0 Å². The van der Waals surface area contributed by atoms with Crippen molar-refractivity contribution in [2.24, 2.45) is 0 Å². The van der Waals surface area contributed by atoms with Crippen LogP contribution in [-0.2, 0) is 12.3 Å². The topological polar surface area (TPSA) is 40.4 Å². The molecule has 0 aliphatic carbocycles. The third-order valence-electron chi connectivity index (χ3n) is 2.41. The molecule has 108 valence electrons. The molecule has 0 radical (unpaired) electrons. The van der Waals surface area contributed by atoms with E-state index in [0.717, 1.165) is 42.5 Å². The Balaban J connectivity index is 2.09. The zero-order valence-electron chi connectivity index (χ0n) is 11.9. The third kappa shape index (κ3) is 7.44. The molecule has 0 atom stereocenters. The van der Waals surface area contributed by atoms with Crippen molar-refractivity contribution in [3.05, 3.63) is 23.7 Å². The highest BCUT2D eigenvalue weighted by Crippen LogP contribution is 2.16. The van der Waals surface area contributed by atoms with Gasteiger partial charge in [-0.15, -0.1) is 0 Å². The van der Waals surface area contributed by atoms with Gasteiger partial charge in [0.15, 0.2) is 5.11 Å². The lowest BCUT2D eigenvalue weighted by molar-refractivity contribution is 0.344.